The molecule has 0 bridgehead atoms. The van der Waals surface area contributed by atoms with Crippen molar-refractivity contribution in [2.75, 3.05) is 13.2 Å². The lowest BCUT2D eigenvalue weighted by molar-refractivity contribution is -0.0244. The maximum atomic E-state index is 9.63. The molecule has 2 atom stereocenters. The molecular formula is C9H17NO2. The Morgan fingerprint density at radius 3 is 2.50 bits per heavy atom. The summed E-state index contributed by atoms with van der Waals surface area (Å²) in [4.78, 5) is 0. The molecule has 12 heavy (non-hydrogen) atoms. The molecule has 0 aromatic rings. The van der Waals surface area contributed by atoms with E-state index in [0.29, 0.717) is 12.1 Å². The summed E-state index contributed by atoms with van der Waals surface area (Å²) >= 11 is 0. The summed E-state index contributed by atoms with van der Waals surface area (Å²) in [6, 6.07) is 0.829. The lowest BCUT2D eigenvalue weighted by atomic mass is 9.92. The van der Waals surface area contributed by atoms with E-state index < -0.39 is 0 Å². The molecule has 2 rings (SSSR count). The summed E-state index contributed by atoms with van der Waals surface area (Å²) in [5.74, 6) is 0. The average Bonchev–Trinajstić information content (AvgIpc) is 2.00. The first kappa shape index (κ1) is 8.48. The van der Waals surface area contributed by atoms with Crippen LogP contribution in [0.15, 0.2) is 0 Å². The number of hydrogen-bond acceptors (Lipinski definition) is 3. The molecule has 1 aliphatic carbocycles. The summed E-state index contributed by atoms with van der Waals surface area (Å²) in [6.07, 6.45) is 4.39. The van der Waals surface area contributed by atoms with Crippen LogP contribution in [-0.4, -0.2) is 36.5 Å². The lowest BCUT2D eigenvalue weighted by Crippen LogP contribution is -2.54. The quantitative estimate of drug-likeness (QED) is 0.627. The van der Waals surface area contributed by atoms with E-state index in [2.05, 4.69) is 5.32 Å². The molecule has 3 heteroatoms. The van der Waals surface area contributed by atoms with E-state index in [-0.39, 0.29) is 6.10 Å². The monoisotopic (exact) mass is 171 g/mol. The zero-order valence-corrected chi connectivity index (χ0v) is 7.33. The number of ether oxygens (including phenoxy) is 1. The fraction of sp³-hybridized carbons (Fsp3) is 1.00. The van der Waals surface area contributed by atoms with Gasteiger partial charge < -0.3 is 15.2 Å². The van der Waals surface area contributed by atoms with E-state index in [9.17, 15) is 5.11 Å². The molecule has 70 valence electrons. The van der Waals surface area contributed by atoms with E-state index >= 15 is 0 Å². The van der Waals surface area contributed by atoms with Crippen molar-refractivity contribution in [1.82, 2.24) is 5.32 Å². The number of rotatable bonds is 2. The van der Waals surface area contributed by atoms with Crippen LogP contribution in [0.4, 0.5) is 0 Å². The fourth-order valence-electron chi connectivity index (χ4n) is 1.94. The van der Waals surface area contributed by atoms with Crippen LogP contribution in [0.2, 0.25) is 0 Å². The van der Waals surface area contributed by atoms with Crippen molar-refractivity contribution < 1.29 is 9.84 Å². The van der Waals surface area contributed by atoms with Gasteiger partial charge in [-0.05, 0) is 12.8 Å². The summed E-state index contributed by atoms with van der Waals surface area (Å²) in [5.41, 5.74) is 0. The summed E-state index contributed by atoms with van der Waals surface area (Å²) < 4.78 is 5.07. The van der Waals surface area contributed by atoms with Gasteiger partial charge in [-0.15, -0.1) is 0 Å². The Kier molecular flexibility index (Phi) is 2.63. The number of nitrogens with one attached hydrogen (secondary N) is 1. The molecule has 2 aliphatic rings. The zero-order chi connectivity index (χ0) is 8.39. The van der Waals surface area contributed by atoms with Crippen molar-refractivity contribution in [3.8, 4) is 0 Å². The minimum atomic E-state index is -0.126. The van der Waals surface area contributed by atoms with E-state index in [1.54, 1.807) is 0 Å². The van der Waals surface area contributed by atoms with Crippen molar-refractivity contribution in [2.24, 2.45) is 0 Å². The van der Waals surface area contributed by atoms with Crippen LogP contribution in [0.3, 0.4) is 0 Å². The molecule has 0 spiro atoms. The van der Waals surface area contributed by atoms with Gasteiger partial charge in [0.1, 0.15) is 0 Å². The number of hydrogen-bond donors (Lipinski definition) is 2. The molecule has 3 nitrogen and oxygen atoms in total. The molecule has 2 N–H and O–H groups in total. The normalized spacial score (nSPS) is 37.8. The lowest BCUT2D eigenvalue weighted by Gasteiger charge is -2.35. The first-order valence-electron chi connectivity index (χ1n) is 4.88. The fourth-order valence-corrected chi connectivity index (χ4v) is 1.94. The number of aliphatic hydroxyl groups excluding tert-OH is 1. The Hall–Kier alpha value is -0.120. The standard InChI is InChI=1S/C9H17NO2/c11-9-4-2-1-3-8(9)10-7-5-12-6-7/h7-11H,1-6H2/t8-,9-/m1/s1. The van der Waals surface area contributed by atoms with Crippen molar-refractivity contribution in [3.05, 3.63) is 0 Å². The summed E-state index contributed by atoms with van der Waals surface area (Å²) in [6.45, 7) is 1.65. The van der Waals surface area contributed by atoms with Gasteiger partial charge in [0.15, 0.2) is 0 Å². The zero-order valence-electron chi connectivity index (χ0n) is 7.33. The van der Waals surface area contributed by atoms with Crippen LogP contribution < -0.4 is 5.32 Å². The second kappa shape index (κ2) is 3.73. The summed E-state index contributed by atoms with van der Waals surface area (Å²) in [5, 5.41) is 13.1. The van der Waals surface area contributed by atoms with Gasteiger partial charge in [-0.3, -0.25) is 0 Å². The largest absolute Gasteiger partial charge is 0.392 e. The molecule has 1 aliphatic heterocycles. The smallest absolute Gasteiger partial charge is 0.0693 e. The third kappa shape index (κ3) is 1.79. The van der Waals surface area contributed by atoms with Gasteiger partial charge >= 0.3 is 0 Å². The first-order chi connectivity index (χ1) is 5.86. The van der Waals surface area contributed by atoms with Crippen LogP contribution >= 0.6 is 0 Å². The minimum Gasteiger partial charge on any atom is -0.392 e. The van der Waals surface area contributed by atoms with Gasteiger partial charge in [-0.1, -0.05) is 12.8 Å². The highest BCUT2D eigenvalue weighted by Gasteiger charge is 2.27. The Morgan fingerprint density at radius 1 is 1.17 bits per heavy atom. The maximum Gasteiger partial charge on any atom is 0.0693 e. The van der Waals surface area contributed by atoms with E-state index in [4.69, 9.17) is 4.74 Å². The van der Waals surface area contributed by atoms with Gasteiger partial charge in [-0.25, -0.2) is 0 Å². The Labute approximate surface area is 73.1 Å². The van der Waals surface area contributed by atoms with Crippen molar-refractivity contribution in [2.45, 2.75) is 43.9 Å². The van der Waals surface area contributed by atoms with Gasteiger partial charge in [0, 0.05) is 6.04 Å². The van der Waals surface area contributed by atoms with Gasteiger partial charge in [0.2, 0.25) is 0 Å². The third-order valence-electron chi connectivity index (χ3n) is 2.82. The van der Waals surface area contributed by atoms with Crippen LogP contribution in [-0.2, 0) is 4.74 Å². The molecule has 1 saturated heterocycles. The predicted octanol–water partition coefficient (Wildman–Crippen LogP) is 0.278. The second-order valence-electron chi connectivity index (χ2n) is 3.86. The van der Waals surface area contributed by atoms with Crippen molar-refractivity contribution in [1.29, 1.82) is 0 Å². The molecule has 0 aromatic carbocycles. The van der Waals surface area contributed by atoms with Crippen LogP contribution in [0, 0.1) is 0 Å². The molecular weight excluding hydrogens is 154 g/mol. The molecule has 1 heterocycles. The molecule has 0 amide bonds. The highest BCUT2D eigenvalue weighted by molar-refractivity contribution is 4.85. The Bertz CT molecular complexity index is 147. The second-order valence-corrected chi connectivity index (χ2v) is 3.86. The molecule has 0 aromatic heterocycles. The maximum absolute atomic E-state index is 9.63. The highest BCUT2D eigenvalue weighted by atomic mass is 16.5. The predicted molar refractivity (Wildman–Crippen MR) is 46.0 cm³/mol. The van der Waals surface area contributed by atoms with Crippen LogP contribution in [0.1, 0.15) is 25.7 Å². The SMILES string of the molecule is O[C@@H]1CCCC[C@H]1NC1COC1. The van der Waals surface area contributed by atoms with Crippen LogP contribution in [0.25, 0.3) is 0 Å². The van der Waals surface area contributed by atoms with E-state index in [1.807, 2.05) is 0 Å². The molecule has 0 unspecified atom stereocenters. The van der Waals surface area contributed by atoms with Crippen molar-refractivity contribution >= 4 is 0 Å². The van der Waals surface area contributed by atoms with Gasteiger partial charge in [0.25, 0.3) is 0 Å². The minimum absolute atomic E-state index is 0.126. The molecule has 1 saturated carbocycles. The van der Waals surface area contributed by atoms with Crippen molar-refractivity contribution in [3.63, 3.8) is 0 Å². The van der Waals surface area contributed by atoms with E-state index in [0.717, 1.165) is 26.1 Å². The van der Waals surface area contributed by atoms with Crippen LogP contribution in [0.5, 0.6) is 0 Å². The van der Waals surface area contributed by atoms with Gasteiger partial charge in [-0.2, -0.15) is 0 Å². The Balaban J connectivity index is 1.76. The average molecular weight is 171 g/mol. The topological polar surface area (TPSA) is 41.5 Å². The third-order valence-corrected chi connectivity index (χ3v) is 2.82. The van der Waals surface area contributed by atoms with Gasteiger partial charge in [0.05, 0.1) is 25.4 Å². The molecule has 0 radical (unpaired) electrons. The van der Waals surface area contributed by atoms with E-state index in [1.165, 1.54) is 12.8 Å². The summed E-state index contributed by atoms with van der Waals surface area (Å²) in [7, 11) is 0. The number of aliphatic hydroxyl groups is 1. The molecule has 2 fully saturated rings. The Morgan fingerprint density at radius 2 is 1.92 bits per heavy atom. The first-order valence-corrected chi connectivity index (χ1v) is 4.88. The highest BCUT2D eigenvalue weighted by Crippen LogP contribution is 2.19.